The number of amides is 1. The number of piperidine rings is 1. The number of aromatic nitrogens is 2. The summed E-state index contributed by atoms with van der Waals surface area (Å²) in [6, 6.07) is 5.19. The predicted molar refractivity (Wildman–Crippen MR) is 127 cm³/mol. The standard InChI is InChI=1S/C23H26Cl2F3N5O2/c1-13-19(21(34)33-8-4-14(5-9-33)29-15-6-10-35-11-7-15)31-22(23(26,27)28)32-20(13)30-16-2-3-17(24)18(25)12-16/h2-3,12,14-15,29H,4-11H2,1H3,(H,30,31,32). The lowest BCUT2D eigenvalue weighted by atomic mass is 10.0. The summed E-state index contributed by atoms with van der Waals surface area (Å²) >= 11 is 11.9. The lowest BCUT2D eigenvalue weighted by Gasteiger charge is -2.35. The number of carbonyl (C=O) groups is 1. The fraction of sp³-hybridized carbons (Fsp3) is 0.522. The van der Waals surface area contributed by atoms with E-state index < -0.39 is 17.9 Å². The molecule has 190 valence electrons. The average molecular weight is 532 g/mol. The van der Waals surface area contributed by atoms with E-state index in [4.69, 9.17) is 27.9 Å². The van der Waals surface area contributed by atoms with Crippen LogP contribution < -0.4 is 10.6 Å². The summed E-state index contributed by atoms with van der Waals surface area (Å²) in [5, 5.41) is 6.97. The Bertz CT molecular complexity index is 1070. The normalized spacial score (nSPS) is 18.1. The number of nitrogens with zero attached hydrogens (tertiary/aromatic N) is 3. The van der Waals surface area contributed by atoms with Crippen LogP contribution in [0.25, 0.3) is 0 Å². The monoisotopic (exact) mass is 531 g/mol. The lowest BCUT2D eigenvalue weighted by molar-refractivity contribution is -0.144. The number of ether oxygens (including phenoxy) is 1. The third kappa shape index (κ3) is 6.35. The minimum atomic E-state index is -4.82. The number of anilines is 2. The third-order valence-electron chi connectivity index (χ3n) is 6.26. The lowest BCUT2D eigenvalue weighted by Crippen LogP contribution is -2.49. The number of alkyl halides is 3. The molecule has 7 nitrogen and oxygen atoms in total. The Labute approximate surface area is 211 Å². The van der Waals surface area contributed by atoms with Crippen LogP contribution in [0, 0.1) is 6.92 Å². The first-order valence-electron chi connectivity index (χ1n) is 11.4. The van der Waals surface area contributed by atoms with Crippen LogP contribution in [0.3, 0.4) is 0 Å². The molecule has 1 aromatic carbocycles. The topological polar surface area (TPSA) is 79.4 Å². The molecule has 0 radical (unpaired) electrons. The molecule has 2 aromatic rings. The molecule has 2 aliphatic rings. The second-order valence-electron chi connectivity index (χ2n) is 8.74. The zero-order valence-corrected chi connectivity index (χ0v) is 20.6. The van der Waals surface area contributed by atoms with E-state index in [-0.39, 0.29) is 28.1 Å². The van der Waals surface area contributed by atoms with Crippen LogP contribution in [0.2, 0.25) is 10.0 Å². The van der Waals surface area contributed by atoms with Gasteiger partial charge in [0.1, 0.15) is 11.5 Å². The van der Waals surface area contributed by atoms with E-state index in [2.05, 4.69) is 20.6 Å². The largest absolute Gasteiger partial charge is 0.451 e. The number of hydrogen-bond donors (Lipinski definition) is 2. The smallest absolute Gasteiger partial charge is 0.381 e. The van der Waals surface area contributed by atoms with Crippen molar-refractivity contribution in [3.8, 4) is 0 Å². The highest BCUT2D eigenvalue weighted by Crippen LogP contribution is 2.32. The van der Waals surface area contributed by atoms with E-state index in [1.54, 1.807) is 11.0 Å². The van der Waals surface area contributed by atoms with Crippen molar-refractivity contribution >= 4 is 40.6 Å². The van der Waals surface area contributed by atoms with Crippen LogP contribution in [-0.4, -0.2) is 59.2 Å². The van der Waals surface area contributed by atoms with E-state index in [0.29, 0.717) is 42.7 Å². The van der Waals surface area contributed by atoms with Gasteiger partial charge in [0.2, 0.25) is 5.82 Å². The van der Waals surface area contributed by atoms with Crippen LogP contribution >= 0.6 is 23.2 Å². The summed E-state index contributed by atoms with van der Waals surface area (Å²) < 4.78 is 46.1. The first kappa shape index (κ1) is 25.9. The summed E-state index contributed by atoms with van der Waals surface area (Å²) in [6.07, 6.45) is -1.49. The molecule has 0 aliphatic carbocycles. The van der Waals surface area contributed by atoms with Crippen molar-refractivity contribution in [1.29, 1.82) is 0 Å². The molecule has 12 heteroatoms. The van der Waals surface area contributed by atoms with Crippen LogP contribution in [0.5, 0.6) is 0 Å². The SMILES string of the molecule is Cc1c(Nc2ccc(Cl)c(Cl)c2)nc(C(F)(F)F)nc1C(=O)N1CCC(NC2CCOCC2)CC1. The van der Waals surface area contributed by atoms with Crippen molar-refractivity contribution in [2.24, 2.45) is 0 Å². The van der Waals surface area contributed by atoms with Gasteiger partial charge in [0.25, 0.3) is 5.91 Å². The van der Waals surface area contributed by atoms with Gasteiger partial charge in [-0.1, -0.05) is 23.2 Å². The van der Waals surface area contributed by atoms with Gasteiger partial charge in [0.15, 0.2) is 0 Å². The first-order valence-corrected chi connectivity index (χ1v) is 12.2. The van der Waals surface area contributed by atoms with Gasteiger partial charge in [0, 0.05) is 49.6 Å². The average Bonchev–Trinajstić information content (AvgIpc) is 2.83. The molecule has 2 fully saturated rings. The number of halogens is 5. The zero-order valence-electron chi connectivity index (χ0n) is 19.1. The second-order valence-corrected chi connectivity index (χ2v) is 9.56. The Morgan fingerprint density at radius 3 is 2.34 bits per heavy atom. The molecule has 0 spiro atoms. The minimum Gasteiger partial charge on any atom is -0.381 e. The van der Waals surface area contributed by atoms with Crippen LogP contribution in [0.1, 0.15) is 47.6 Å². The Morgan fingerprint density at radius 2 is 1.71 bits per heavy atom. The quantitative estimate of drug-likeness (QED) is 0.550. The molecule has 4 rings (SSSR count). The number of carbonyl (C=O) groups excluding carboxylic acids is 1. The maximum atomic E-state index is 13.6. The van der Waals surface area contributed by atoms with Crippen molar-refractivity contribution in [3.05, 3.63) is 45.3 Å². The van der Waals surface area contributed by atoms with Crippen molar-refractivity contribution in [2.75, 3.05) is 31.6 Å². The zero-order chi connectivity index (χ0) is 25.2. The van der Waals surface area contributed by atoms with E-state index in [1.165, 1.54) is 19.1 Å². The van der Waals surface area contributed by atoms with Gasteiger partial charge in [-0.3, -0.25) is 4.79 Å². The number of hydrogen-bond acceptors (Lipinski definition) is 6. The number of benzene rings is 1. The summed E-state index contributed by atoms with van der Waals surface area (Å²) in [6.45, 7) is 3.86. The van der Waals surface area contributed by atoms with Gasteiger partial charge >= 0.3 is 6.18 Å². The Kier molecular flexibility index (Phi) is 8.05. The summed E-state index contributed by atoms with van der Waals surface area (Å²) in [4.78, 5) is 22.1. The highest BCUT2D eigenvalue weighted by molar-refractivity contribution is 6.42. The molecule has 2 N–H and O–H groups in total. The molecule has 0 unspecified atom stereocenters. The summed E-state index contributed by atoms with van der Waals surface area (Å²) in [5.74, 6) is -2.05. The third-order valence-corrected chi connectivity index (χ3v) is 7.00. The van der Waals surface area contributed by atoms with Crippen LogP contribution in [0.15, 0.2) is 18.2 Å². The highest BCUT2D eigenvalue weighted by Gasteiger charge is 2.38. The van der Waals surface area contributed by atoms with Crippen LogP contribution in [-0.2, 0) is 10.9 Å². The molecule has 2 saturated heterocycles. The molecular formula is C23H26Cl2F3N5O2. The van der Waals surface area contributed by atoms with Crippen molar-refractivity contribution < 1.29 is 22.7 Å². The predicted octanol–water partition coefficient (Wildman–Crippen LogP) is 5.23. The van der Waals surface area contributed by atoms with E-state index in [1.807, 2.05) is 0 Å². The number of nitrogens with one attached hydrogen (secondary N) is 2. The molecule has 1 amide bonds. The van der Waals surface area contributed by atoms with E-state index >= 15 is 0 Å². The molecular weight excluding hydrogens is 506 g/mol. The van der Waals surface area contributed by atoms with Crippen molar-refractivity contribution in [3.63, 3.8) is 0 Å². The highest BCUT2D eigenvalue weighted by atomic mass is 35.5. The van der Waals surface area contributed by atoms with Gasteiger partial charge in [0.05, 0.1) is 10.0 Å². The maximum absolute atomic E-state index is 13.6. The maximum Gasteiger partial charge on any atom is 0.451 e. The van der Waals surface area contributed by atoms with Gasteiger partial charge in [-0.05, 0) is 50.8 Å². The Balaban J connectivity index is 1.52. The van der Waals surface area contributed by atoms with Crippen molar-refractivity contribution in [2.45, 2.75) is 50.9 Å². The van der Waals surface area contributed by atoms with Gasteiger partial charge < -0.3 is 20.3 Å². The molecule has 3 heterocycles. The molecule has 0 atom stereocenters. The van der Waals surface area contributed by atoms with Crippen molar-refractivity contribution in [1.82, 2.24) is 20.2 Å². The van der Waals surface area contributed by atoms with Crippen LogP contribution in [0.4, 0.5) is 24.7 Å². The van der Waals surface area contributed by atoms with Gasteiger partial charge in [-0.25, -0.2) is 9.97 Å². The fourth-order valence-electron chi connectivity index (χ4n) is 4.28. The number of rotatable bonds is 5. The van der Waals surface area contributed by atoms with Gasteiger partial charge in [-0.2, -0.15) is 13.2 Å². The molecule has 1 aromatic heterocycles. The molecule has 0 bridgehead atoms. The molecule has 2 aliphatic heterocycles. The summed E-state index contributed by atoms with van der Waals surface area (Å²) in [5.41, 5.74) is 0.329. The van der Waals surface area contributed by atoms with E-state index in [0.717, 1.165) is 26.1 Å². The first-order chi connectivity index (χ1) is 16.6. The minimum absolute atomic E-state index is 0.120. The number of likely N-dealkylation sites (tertiary alicyclic amines) is 1. The molecule has 35 heavy (non-hydrogen) atoms. The molecule has 0 saturated carbocycles. The second kappa shape index (κ2) is 10.9. The Morgan fingerprint density at radius 1 is 1.06 bits per heavy atom. The van der Waals surface area contributed by atoms with E-state index in [9.17, 15) is 18.0 Å². The Hall–Kier alpha value is -2.14. The van der Waals surface area contributed by atoms with Gasteiger partial charge in [-0.15, -0.1) is 0 Å². The summed E-state index contributed by atoms with van der Waals surface area (Å²) in [7, 11) is 0. The fourth-order valence-corrected chi connectivity index (χ4v) is 4.58.